The third-order valence-electron chi connectivity index (χ3n) is 0.954. The molecule has 0 aliphatic carbocycles. The summed E-state index contributed by atoms with van der Waals surface area (Å²) in [6.07, 6.45) is 3.12. The first-order valence-corrected chi connectivity index (χ1v) is 2.73. The zero-order chi connectivity index (χ0) is 6.53. The molecule has 3 nitrogen and oxygen atoms in total. The van der Waals surface area contributed by atoms with E-state index in [0.717, 1.165) is 5.69 Å². The number of aromatic nitrogens is 2. The van der Waals surface area contributed by atoms with Crippen LogP contribution in [0.25, 0.3) is 0 Å². The van der Waals surface area contributed by atoms with Crippen LogP contribution < -0.4 is 0 Å². The first kappa shape index (κ1) is 6.16. The second-order valence-corrected chi connectivity index (χ2v) is 1.63. The minimum Gasteiger partial charge on any atom is -0.396 e. The molecule has 0 spiro atoms. The van der Waals surface area contributed by atoms with Gasteiger partial charge in [0.15, 0.2) is 0 Å². The molecule has 47 valence electrons. The lowest BCUT2D eigenvalue weighted by Gasteiger charge is -1.90. The fourth-order valence-corrected chi connectivity index (χ4v) is 0.541. The first-order valence-electron chi connectivity index (χ1n) is 2.73. The van der Waals surface area contributed by atoms with Gasteiger partial charge in [-0.25, -0.2) is 0 Å². The smallest absolute Gasteiger partial charge is 0.113 e. The van der Waals surface area contributed by atoms with Gasteiger partial charge in [0, 0.05) is 13.0 Å². The van der Waals surface area contributed by atoms with Crippen LogP contribution >= 0.6 is 0 Å². The SMILES string of the molecule is OCCc1cc[c]nn1. The monoisotopic (exact) mass is 123 g/mol. The number of aliphatic hydroxyl groups excluding tert-OH is 1. The Bertz CT molecular complexity index is 164. The van der Waals surface area contributed by atoms with Crippen LogP contribution in [-0.4, -0.2) is 21.9 Å². The van der Waals surface area contributed by atoms with E-state index < -0.39 is 0 Å². The Hall–Kier alpha value is -0.960. The quantitative estimate of drug-likeness (QED) is 0.593. The largest absolute Gasteiger partial charge is 0.396 e. The highest BCUT2D eigenvalue weighted by Crippen LogP contribution is 1.89. The molecular formula is C6H7N2O. The zero-order valence-electron chi connectivity index (χ0n) is 4.91. The van der Waals surface area contributed by atoms with E-state index in [-0.39, 0.29) is 6.61 Å². The van der Waals surface area contributed by atoms with Crippen LogP contribution in [0.2, 0.25) is 0 Å². The van der Waals surface area contributed by atoms with Gasteiger partial charge in [-0.3, -0.25) is 0 Å². The molecule has 0 amide bonds. The Morgan fingerprint density at radius 1 is 1.67 bits per heavy atom. The summed E-state index contributed by atoms with van der Waals surface area (Å²) >= 11 is 0. The van der Waals surface area contributed by atoms with Crippen molar-refractivity contribution in [1.82, 2.24) is 10.2 Å². The van der Waals surface area contributed by atoms with Crippen molar-refractivity contribution < 1.29 is 5.11 Å². The molecule has 1 aromatic rings. The van der Waals surface area contributed by atoms with Gasteiger partial charge in [0.25, 0.3) is 0 Å². The number of aliphatic hydroxyl groups is 1. The second-order valence-electron chi connectivity index (χ2n) is 1.63. The zero-order valence-corrected chi connectivity index (χ0v) is 4.91. The number of rotatable bonds is 2. The van der Waals surface area contributed by atoms with Crippen LogP contribution in [-0.2, 0) is 6.42 Å². The third-order valence-corrected chi connectivity index (χ3v) is 0.954. The fraction of sp³-hybridized carbons (Fsp3) is 0.333. The van der Waals surface area contributed by atoms with Gasteiger partial charge < -0.3 is 5.11 Å². The van der Waals surface area contributed by atoms with E-state index in [1.165, 1.54) is 0 Å². The lowest BCUT2D eigenvalue weighted by atomic mass is 10.3. The highest BCUT2D eigenvalue weighted by molar-refractivity contribution is 4.97. The second kappa shape index (κ2) is 3.14. The van der Waals surface area contributed by atoms with Crippen LogP contribution in [0.3, 0.4) is 0 Å². The van der Waals surface area contributed by atoms with Crippen LogP contribution in [0, 0.1) is 6.20 Å². The molecule has 1 N–H and O–H groups in total. The molecule has 0 atom stereocenters. The average Bonchev–Trinajstić information content (AvgIpc) is 1.91. The van der Waals surface area contributed by atoms with Gasteiger partial charge in [-0.2, -0.15) is 5.10 Å². The van der Waals surface area contributed by atoms with Crippen LogP contribution in [0.4, 0.5) is 0 Å². The molecule has 0 saturated heterocycles. The summed E-state index contributed by atoms with van der Waals surface area (Å²) in [6, 6.07) is 3.46. The van der Waals surface area contributed by atoms with E-state index >= 15 is 0 Å². The van der Waals surface area contributed by atoms with E-state index in [0.29, 0.717) is 6.42 Å². The fourth-order valence-electron chi connectivity index (χ4n) is 0.541. The lowest BCUT2D eigenvalue weighted by molar-refractivity contribution is 0.298. The van der Waals surface area contributed by atoms with Crippen LogP contribution in [0.5, 0.6) is 0 Å². The Labute approximate surface area is 53.4 Å². The minimum atomic E-state index is 0.124. The minimum absolute atomic E-state index is 0.124. The van der Waals surface area contributed by atoms with Crippen LogP contribution in [0.15, 0.2) is 12.1 Å². The Morgan fingerprint density at radius 3 is 3.11 bits per heavy atom. The Balaban J connectivity index is 2.61. The van der Waals surface area contributed by atoms with Crippen molar-refractivity contribution in [3.05, 3.63) is 24.0 Å². The lowest BCUT2D eigenvalue weighted by Crippen LogP contribution is -1.94. The van der Waals surface area contributed by atoms with Crippen molar-refractivity contribution in [2.75, 3.05) is 6.61 Å². The summed E-state index contributed by atoms with van der Waals surface area (Å²) in [4.78, 5) is 0. The number of hydrogen-bond acceptors (Lipinski definition) is 3. The predicted molar refractivity (Wildman–Crippen MR) is 31.7 cm³/mol. The van der Waals surface area contributed by atoms with E-state index in [1.54, 1.807) is 12.1 Å². The summed E-state index contributed by atoms with van der Waals surface area (Å²) in [5, 5.41) is 15.7. The predicted octanol–water partition coefficient (Wildman–Crippen LogP) is -0.188. The van der Waals surface area contributed by atoms with E-state index in [1.807, 2.05) is 0 Å². The molecule has 1 radical (unpaired) electrons. The maximum atomic E-state index is 8.44. The first-order chi connectivity index (χ1) is 4.43. The topological polar surface area (TPSA) is 46.0 Å². The summed E-state index contributed by atoms with van der Waals surface area (Å²) in [7, 11) is 0. The molecule has 1 rings (SSSR count). The summed E-state index contributed by atoms with van der Waals surface area (Å²) < 4.78 is 0. The number of hydrogen-bond donors (Lipinski definition) is 1. The molecule has 0 aliphatic heterocycles. The standard InChI is InChI=1S/C6H7N2O/c9-5-3-6-2-1-4-7-8-6/h1-2,9H,3,5H2. The maximum absolute atomic E-state index is 8.44. The van der Waals surface area contributed by atoms with Crippen molar-refractivity contribution in [2.24, 2.45) is 0 Å². The van der Waals surface area contributed by atoms with E-state index in [2.05, 4.69) is 16.4 Å². The summed E-state index contributed by atoms with van der Waals surface area (Å²) in [6.45, 7) is 0.124. The van der Waals surface area contributed by atoms with Crippen molar-refractivity contribution >= 4 is 0 Å². The van der Waals surface area contributed by atoms with Gasteiger partial charge in [0.2, 0.25) is 0 Å². The van der Waals surface area contributed by atoms with Gasteiger partial charge in [-0.05, 0) is 12.1 Å². The van der Waals surface area contributed by atoms with Crippen LogP contribution in [0.1, 0.15) is 5.69 Å². The van der Waals surface area contributed by atoms with Crippen molar-refractivity contribution in [3.63, 3.8) is 0 Å². The molecule has 3 heteroatoms. The van der Waals surface area contributed by atoms with Crippen molar-refractivity contribution in [1.29, 1.82) is 0 Å². The molecule has 0 unspecified atom stereocenters. The molecule has 0 fully saturated rings. The summed E-state index contributed by atoms with van der Waals surface area (Å²) in [5.41, 5.74) is 0.802. The molecule has 1 aromatic heterocycles. The average molecular weight is 123 g/mol. The highest BCUT2D eigenvalue weighted by atomic mass is 16.3. The molecule has 0 aromatic carbocycles. The Kier molecular flexibility index (Phi) is 2.15. The van der Waals surface area contributed by atoms with E-state index in [4.69, 9.17) is 5.11 Å². The Morgan fingerprint density at radius 2 is 2.56 bits per heavy atom. The molecule has 0 saturated carbocycles. The molecule has 9 heavy (non-hydrogen) atoms. The number of nitrogens with zero attached hydrogens (tertiary/aromatic N) is 2. The van der Waals surface area contributed by atoms with Crippen molar-refractivity contribution in [3.8, 4) is 0 Å². The van der Waals surface area contributed by atoms with Gasteiger partial charge in [0.1, 0.15) is 6.20 Å². The van der Waals surface area contributed by atoms with Crippen molar-refractivity contribution in [2.45, 2.75) is 6.42 Å². The third kappa shape index (κ3) is 1.77. The van der Waals surface area contributed by atoms with Gasteiger partial charge >= 0.3 is 0 Å². The normalized spacial score (nSPS) is 9.44. The van der Waals surface area contributed by atoms with Gasteiger partial charge in [-0.1, -0.05) is 0 Å². The molecule has 0 bridgehead atoms. The highest BCUT2D eigenvalue weighted by Gasteiger charge is 1.88. The maximum Gasteiger partial charge on any atom is 0.113 e. The van der Waals surface area contributed by atoms with E-state index in [9.17, 15) is 0 Å². The molecule has 1 heterocycles. The van der Waals surface area contributed by atoms with Gasteiger partial charge in [0.05, 0.1) is 5.69 Å². The molecular weight excluding hydrogens is 116 g/mol. The summed E-state index contributed by atoms with van der Waals surface area (Å²) in [5.74, 6) is 0. The van der Waals surface area contributed by atoms with Gasteiger partial charge in [-0.15, -0.1) is 5.10 Å². The molecule has 0 aliphatic rings.